The summed E-state index contributed by atoms with van der Waals surface area (Å²) in [5, 5.41) is 10.1. The average molecular weight is 283 g/mol. The molecule has 0 N–H and O–H groups in total. The number of rotatable bonds is 4. The second-order valence-corrected chi connectivity index (χ2v) is 4.41. The van der Waals surface area contributed by atoms with Crippen LogP contribution in [0.25, 0.3) is 0 Å². The third kappa shape index (κ3) is 3.19. The van der Waals surface area contributed by atoms with Gasteiger partial charge in [-0.3, -0.25) is 14.9 Å². The summed E-state index contributed by atoms with van der Waals surface area (Å²) in [4.78, 5) is 20.7. The fraction of sp³-hybridized carbons (Fsp3) is 0.444. The average Bonchev–Trinajstić information content (AvgIpc) is 2.60. The largest absolute Gasteiger partial charge is 0.466 e. The van der Waals surface area contributed by atoms with Gasteiger partial charge in [0.25, 0.3) is 5.06 Å². The van der Waals surface area contributed by atoms with Gasteiger partial charge in [-0.05, 0) is 13.8 Å². The van der Waals surface area contributed by atoms with Gasteiger partial charge in [-0.1, -0.05) is 11.3 Å². The maximum absolute atomic E-state index is 12.3. The molecule has 0 radical (unpaired) electrons. The number of ketones is 1. The summed E-state index contributed by atoms with van der Waals surface area (Å²) in [7, 11) is 0. The van der Waals surface area contributed by atoms with Crippen LogP contribution in [0.15, 0.2) is 6.07 Å². The number of nitro groups is 1. The summed E-state index contributed by atoms with van der Waals surface area (Å²) >= 11 is 0.527. The minimum atomic E-state index is -4.63. The number of hydrogen-bond acceptors (Lipinski definition) is 5. The van der Waals surface area contributed by atoms with Gasteiger partial charge in [0.05, 0.1) is 9.80 Å². The molecule has 100 valence electrons. The molecule has 1 rings (SSSR count). The Morgan fingerprint density at radius 3 is 2.50 bits per heavy atom. The molecule has 0 aliphatic heterocycles. The zero-order chi connectivity index (χ0) is 14.1. The van der Waals surface area contributed by atoms with Crippen LogP contribution in [0.4, 0.5) is 18.9 Å². The first-order chi connectivity index (χ1) is 8.12. The number of ether oxygens (including phenoxy) is 1. The lowest BCUT2D eigenvalue weighted by Crippen LogP contribution is -2.31. The van der Waals surface area contributed by atoms with Crippen molar-refractivity contribution in [3.63, 3.8) is 0 Å². The Kier molecular flexibility index (Phi) is 3.95. The minimum absolute atomic E-state index is 0.0222. The maximum atomic E-state index is 12.3. The van der Waals surface area contributed by atoms with Crippen LogP contribution in [-0.4, -0.2) is 23.0 Å². The lowest BCUT2D eigenvalue weighted by atomic mass is 10.3. The third-order valence-electron chi connectivity index (χ3n) is 1.97. The van der Waals surface area contributed by atoms with E-state index in [-0.39, 0.29) is 4.88 Å². The molecule has 0 aliphatic rings. The van der Waals surface area contributed by atoms with E-state index in [1.54, 1.807) is 0 Å². The molecule has 0 bridgehead atoms. The van der Waals surface area contributed by atoms with Crippen LogP contribution in [0.3, 0.4) is 0 Å². The highest BCUT2D eigenvalue weighted by Crippen LogP contribution is 2.39. The Balaban J connectivity index is 3.08. The predicted molar refractivity (Wildman–Crippen MR) is 57.1 cm³/mol. The van der Waals surface area contributed by atoms with E-state index in [1.807, 2.05) is 0 Å². The van der Waals surface area contributed by atoms with E-state index < -0.39 is 33.7 Å². The van der Waals surface area contributed by atoms with Crippen LogP contribution in [0.2, 0.25) is 0 Å². The van der Waals surface area contributed by atoms with Crippen LogP contribution in [0, 0.1) is 10.1 Å². The van der Waals surface area contributed by atoms with Gasteiger partial charge in [-0.25, -0.2) is 0 Å². The summed E-state index contributed by atoms with van der Waals surface area (Å²) in [6, 6.07) is 0.908. The Morgan fingerprint density at radius 2 is 2.11 bits per heavy atom. The monoisotopic (exact) mass is 283 g/mol. The highest BCUT2D eigenvalue weighted by atomic mass is 32.1. The van der Waals surface area contributed by atoms with E-state index in [2.05, 4.69) is 4.74 Å². The molecule has 5 nitrogen and oxygen atoms in total. The van der Waals surface area contributed by atoms with Gasteiger partial charge in [0.2, 0.25) is 0 Å². The Hall–Kier alpha value is -1.64. The first kappa shape index (κ1) is 14.4. The highest BCUT2D eigenvalue weighted by Gasteiger charge is 2.39. The maximum Gasteiger partial charge on any atom is 0.425 e. The fourth-order valence-corrected chi connectivity index (χ4v) is 1.92. The summed E-state index contributed by atoms with van der Waals surface area (Å²) < 4.78 is 41.3. The van der Waals surface area contributed by atoms with Crippen LogP contribution < -0.4 is 4.74 Å². The van der Waals surface area contributed by atoms with Gasteiger partial charge in [0.1, 0.15) is 0 Å². The molecule has 0 amide bonds. The highest BCUT2D eigenvalue weighted by molar-refractivity contribution is 7.16. The third-order valence-corrected chi connectivity index (χ3v) is 3.08. The van der Waals surface area contributed by atoms with E-state index in [9.17, 15) is 28.1 Å². The number of nitrogens with zero attached hydrogens (tertiary/aromatic N) is 1. The Morgan fingerprint density at radius 1 is 1.56 bits per heavy atom. The number of thiophene rings is 1. The van der Waals surface area contributed by atoms with Gasteiger partial charge < -0.3 is 4.74 Å². The first-order valence-corrected chi connectivity index (χ1v) is 5.47. The van der Waals surface area contributed by atoms with Gasteiger partial charge in [0.15, 0.2) is 11.9 Å². The predicted octanol–water partition coefficient (Wildman–Crippen LogP) is 3.19. The van der Waals surface area contributed by atoms with Crippen molar-refractivity contribution in [1.82, 2.24) is 0 Å². The molecule has 1 unspecified atom stereocenters. The molecule has 0 spiro atoms. The van der Waals surface area contributed by atoms with Crippen molar-refractivity contribution in [3.05, 3.63) is 21.1 Å². The molecule has 0 saturated carbocycles. The summed E-state index contributed by atoms with van der Waals surface area (Å²) in [5.74, 6) is -0.474. The summed E-state index contributed by atoms with van der Waals surface area (Å²) in [5.41, 5.74) is -0.638. The van der Waals surface area contributed by atoms with E-state index in [0.717, 1.165) is 19.9 Å². The van der Waals surface area contributed by atoms with Crippen molar-refractivity contribution in [3.8, 4) is 5.06 Å². The molecule has 0 fully saturated rings. The first-order valence-electron chi connectivity index (χ1n) is 4.65. The molecular weight excluding hydrogens is 275 g/mol. The molecular formula is C9H8F3NO4S. The molecule has 9 heteroatoms. The minimum Gasteiger partial charge on any atom is -0.466 e. The smallest absolute Gasteiger partial charge is 0.425 e. The molecule has 1 atom stereocenters. The van der Waals surface area contributed by atoms with Crippen molar-refractivity contribution in [2.45, 2.75) is 26.1 Å². The molecule has 0 saturated heterocycles. The Labute approximate surface area is 103 Å². The van der Waals surface area contributed by atoms with Crippen LogP contribution in [0.5, 0.6) is 5.06 Å². The topological polar surface area (TPSA) is 69.4 Å². The summed E-state index contributed by atoms with van der Waals surface area (Å²) in [6.45, 7) is 1.89. The number of Topliss-reactive ketones (excluding diaryl/α,β-unsaturated/α-hetero) is 1. The lowest BCUT2D eigenvalue weighted by molar-refractivity contribution is -0.385. The quantitative estimate of drug-likeness (QED) is 0.483. The van der Waals surface area contributed by atoms with Gasteiger partial charge in [-0.2, -0.15) is 13.2 Å². The molecule has 1 heterocycles. The summed E-state index contributed by atoms with van der Waals surface area (Å²) in [6.07, 6.45) is -6.82. The SMILES string of the molecule is CC(=O)c1cc([N+](=O)[O-])c(OC(C)C(F)(F)F)s1. The van der Waals surface area contributed by atoms with Crippen LogP contribution in [-0.2, 0) is 0 Å². The standard InChI is InChI=1S/C9H8F3NO4S/c1-4(14)7-3-6(13(15)16)8(18-7)17-5(2)9(10,11)12/h3,5H,1-2H3. The molecule has 0 aliphatic carbocycles. The second-order valence-electron chi connectivity index (χ2n) is 3.40. The number of halogens is 3. The van der Waals surface area contributed by atoms with Crippen LogP contribution in [0.1, 0.15) is 23.5 Å². The molecule has 18 heavy (non-hydrogen) atoms. The number of alkyl halides is 3. The van der Waals surface area contributed by atoms with E-state index in [4.69, 9.17) is 0 Å². The van der Waals surface area contributed by atoms with Crippen molar-refractivity contribution in [2.24, 2.45) is 0 Å². The van der Waals surface area contributed by atoms with Crippen LogP contribution >= 0.6 is 11.3 Å². The van der Waals surface area contributed by atoms with Crippen molar-refractivity contribution < 1.29 is 27.6 Å². The zero-order valence-electron chi connectivity index (χ0n) is 9.28. The van der Waals surface area contributed by atoms with Gasteiger partial charge in [0, 0.05) is 6.07 Å². The number of carbonyl (C=O) groups is 1. The molecule has 0 aromatic carbocycles. The van der Waals surface area contributed by atoms with Gasteiger partial charge >= 0.3 is 11.9 Å². The molecule has 1 aromatic rings. The normalized spacial score (nSPS) is 13.2. The van der Waals surface area contributed by atoms with Gasteiger partial charge in [-0.15, -0.1) is 0 Å². The lowest BCUT2D eigenvalue weighted by Gasteiger charge is -2.15. The number of hydrogen-bond donors (Lipinski definition) is 0. The zero-order valence-corrected chi connectivity index (χ0v) is 10.1. The van der Waals surface area contributed by atoms with Crippen molar-refractivity contribution >= 4 is 22.8 Å². The second kappa shape index (κ2) is 4.92. The number of carbonyl (C=O) groups excluding carboxylic acids is 1. The van der Waals surface area contributed by atoms with E-state index >= 15 is 0 Å². The van der Waals surface area contributed by atoms with Crippen molar-refractivity contribution in [1.29, 1.82) is 0 Å². The van der Waals surface area contributed by atoms with E-state index in [1.165, 1.54) is 0 Å². The molecule has 1 aromatic heterocycles. The fourth-order valence-electron chi connectivity index (χ4n) is 0.977. The van der Waals surface area contributed by atoms with Crippen molar-refractivity contribution in [2.75, 3.05) is 0 Å². The van der Waals surface area contributed by atoms with E-state index in [0.29, 0.717) is 11.3 Å². The Bertz CT molecular complexity index is 483.